The number of hydrogen-bond acceptors (Lipinski definition) is 1. The molecule has 0 heterocycles. The summed E-state index contributed by atoms with van der Waals surface area (Å²) in [7, 11) is 0. The maximum Gasteiger partial charge on any atom is 0.303 e. The molecule has 0 aromatic heterocycles. The molecule has 2 nitrogen and oxygen atoms in total. The van der Waals surface area contributed by atoms with Crippen LogP contribution in [-0.2, 0) is 11.2 Å². The van der Waals surface area contributed by atoms with E-state index < -0.39 is 5.97 Å². The van der Waals surface area contributed by atoms with Gasteiger partial charge in [0.2, 0.25) is 0 Å². The van der Waals surface area contributed by atoms with Crippen LogP contribution in [0.25, 0.3) is 6.08 Å². The molecular weight excluding hydrogens is 188 g/mol. The molecule has 0 aliphatic heterocycles. The molecule has 1 aromatic carbocycles. The van der Waals surface area contributed by atoms with Gasteiger partial charge in [0.25, 0.3) is 0 Å². The van der Waals surface area contributed by atoms with Gasteiger partial charge < -0.3 is 5.11 Å². The predicted octanol–water partition coefficient (Wildman–Crippen LogP) is 2.98. The minimum Gasteiger partial charge on any atom is -0.481 e. The molecule has 2 heteroatoms. The Morgan fingerprint density at radius 2 is 2.07 bits per heavy atom. The molecule has 0 radical (unpaired) electrons. The molecule has 0 aliphatic rings. The van der Waals surface area contributed by atoms with Gasteiger partial charge in [-0.15, -0.1) is 0 Å². The molecule has 0 amide bonds. The van der Waals surface area contributed by atoms with Crippen molar-refractivity contribution in [1.82, 2.24) is 0 Å². The summed E-state index contributed by atoms with van der Waals surface area (Å²) >= 11 is 0. The third-order valence-corrected chi connectivity index (χ3v) is 2.32. The van der Waals surface area contributed by atoms with Crippen molar-refractivity contribution < 1.29 is 9.90 Å². The molecule has 15 heavy (non-hydrogen) atoms. The smallest absolute Gasteiger partial charge is 0.303 e. The van der Waals surface area contributed by atoms with Crippen LogP contribution in [0.2, 0.25) is 0 Å². The Hall–Kier alpha value is -1.57. The minimum atomic E-state index is -0.731. The Bertz CT molecular complexity index is 338. The van der Waals surface area contributed by atoms with Crippen molar-refractivity contribution in [2.45, 2.75) is 19.8 Å². The predicted molar refractivity (Wildman–Crippen MR) is 61.7 cm³/mol. The van der Waals surface area contributed by atoms with Gasteiger partial charge >= 0.3 is 5.97 Å². The molecular formula is C13H16O2. The van der Waals surface area contributed by atoms with Crippen LogP contribution in [0.15, 0.2) is 30.8 Å². The van der Waals surface area contributed by atoms with Crippen molar-refractivity contribution in [2.75, 3.05) is 0 Å². The molecule has 0 fully saturated rings. The van der Waals surface area contributed by atoms with E-state index in [0.29, 0.717) is 0 Å². The molecule has 1 aromatic rings. The summed E-state index contributed by atoms with van der Waals surface area (Å²) in [5.74, 6) is -0.553. The van der Waals surface area contributed by atoms with Crippen LogP contribution >= 0.6 is 0 Å². The highest BCUT2D eigenvalue weighted by Crippen LogP contribution is 2.13. The van der Waals surface area contributed by atoms with Crippen LogP contribution in [0.3, 0.4) is 0 Å². The lowest BCUT2D eigenvalue weighted by Crippen LogP contribution is -2.06. The van der Waals surface area contributed by atoms with Gasteiger partial charge in [-0.2, -0.15) is 0 Å². The lowest BCUT2D eigenvalue weighted by molar-refractivity contribution is -0.137. The summed E-state index contributed by atoms with van der Waals surface area (Å²) < 4.78 is 0. The Labute approximate surface area is 90.3 Å². The SMILES string of the molecule is C=Cc1ccc(CC(C)CC(=O)O)cc1. The summed E-state index contributed by atoms with van der Waals surface area (Å²) in [6.07, 6.45) is 2.83. The van der Waals surface area contributed by atoms with Crippen molar-refractivity contribution in [1.29, 1.82) is 0 Å². The number of carboxylic acids is 1. The lowest BCUT2D eigenvalue weighted by Gasteiger charge is -2.08. The highest BCUT2D eigenvalue weighted by molar-refractivity contribution is 5.67. The van der Waals surface area contributed by atoms with E-state index in [0.717, 1.165) is 12.0 Å². The summed E-state index contributed by atoms with van der Waals surface area (Å²) in [5, 5.41) is 8.63. The van der Waals surface area contributed by atoms with E-state index in [1.807, 2.05) is 31.2 Å². The van der Waals surface area contributed by atoms with Crippen LogP contribution in [0.5, 0.6) is 0 Å². The molecule has 0 bridgehead atoms. The van der Waals surface area contributed by atoms with E-state index >= 15 is 0 Å². The number of carboxylic acid groups (broad SMARTS) is 1. The van der Waals surface area contributed by atoms with Crippen LogP contribution in [-0.4, -0.2) is 11.1 Å². The van der Waals surface area contributed by atoms with Crippen molar-refractivity contribution in [3.05, 3.63) is 42.0 Å². The molecule has 1 N–H and O–H groups in total. The summed E-state index contributed by atoms with van der Waals surface area (Å²) in [4.78, 5) is 10.5. The van der Waals surface area contributed by atoms with Crippen LogP contribution in [0.4, 0.5) is 0 Å². The van der Waals surface area contributed by atoms with Crippen LogP contribution in [0.1, 0.15) is 24.5 Å². The zero-order chi connectivity index (χ0) is 11.3. The van der Waals surface area contributed by atoms with Crippen LogP contribution in [0, 0.1) is 5.92 Å². The molecule has 0 saturated heterocycles. The zero-order valence-electron chi connectivity index (χ0n) is 8.94. The molecule has 1 atom stereocenters. The first-order chi connectivity index (χ1) is 7.11. The second kappa shape index (κ2) is 5.35. The van der Waals surface area contributed by atoms with E-state index in [-0.39, 0.29) is 12.3 Å². The highest BCUT2D eigenvalue weighted by atomic mass is 16.4. The molecule has 80 valence electrons. The van der Waals surface area contributed by atoms with E-state index in [1.54, 1.807) is 6.08 Å². The number of carbonyl (C=O) groups is 1. The summed E-state index contributed by atoms with van der Waals surface area (Å²) in [6.45, 7) is 5.64. The Kier molecular flexibility index (Phi) is 4.10. The van der Waals surface area contributed by atoms with Gasteiger partial charge in [0.05, 0.1) is 0 Å². The average molecular weight is 204 g/mol. The first-order valence-corrected chi connectivity index (χ1v) is 5.05. The third-order valence-electron chi connectivity index (χ3n) is 2.32. The average Bonchev–Trinajstić information content (AvgIpc) is 2.17. The van der Waals surface area contributed by atoms with Gasteiger partial charge in [-0.3, -0.25) is 4.79 Å². The van der Waals surface area contributed by atoms with Gasteiger partial charge in [0.15, 0.2) is 0 Å². The Balaban J connectivity index is 2.56. The van der Waals surface area contributed by atoms with Crippen molar-refractivity contribution in [3.63, 3.8) is 0 Å². The van der Waals surface area contributed by atoms with Crippen molar-refractivity contribution in [2.24, 2.45) is 5.92 Å². The number of aliphatic carboxylic acids is 1. The fourth-order valence-electron chi connectivity index (χ4n) is 1.56. The second-order valence-electron chi connectivity index (χ2n) is 3.85. The highest BCUT2D eigenvalue weighted by Gasteiger charge is 2.07. The largest absolute Gasteiger partial charge is 0.481 e. The molecule has 0 saturated carbocycles. The van der Waals surface area contributed by atoms with E-state index in [2.05, 4.69) is 6.58 Å². The van der Waals surface area contributed by atoms with Crippen molar-refractivity contribution in [3.8, 4) is 0 Å². The molecule has 0 spiro atoms. The molecule has 1 rings (SSSR count). The third kappa shape index (κ3) is 3.98. The maximum absolute atomic E-state index is 10.5. The van der Waals surface area contributed by atoms with E-state index in [4.69, 9.17) is 5.11 Å². The fraction of sp³-hybridized carbons (Fsp3) is 0.308. The Morgan fingerprint density at radius 3 is 2.53 bits per heavy atom. The number of benzene rings is 1. The molecule has 0 aliphatic carbocycles. The standard InChI is InChI=1S/C13H16O2/c1-3-11-4-6-12(7-5-11)8-10(2)9-13(14)15/h3-7,10H,1,8-9H2,2H3,(H,14,15). The summed E-state index contributed by atoms with van der Waals surface area (Å²) in [5.41, 5.74) is 2.26. The van der Waals surface area contributed by atoms with E-state index in [1.165, 1.54) is 5.56 Å². The summed E-state index contributed by atoms with van der Waals surface area (Å²) in [6, 6.07) is 8.04. The van der Waals surface area contributed by atoms with Crippen molar-refractivity contribution >= 4 is 12.0 Å². The quantitative estimate of drug-likeness (QED) is 0.800. The van der Waals surface area contributed by atoms with Gasteiger partial charge in [0, 0.05) is 6.42 Å². The van der Waals surface area contributed by atoms with E-state index in [9.17, 15) is 4.79 Å². The monoisotopic (exact) mass is 204 g/mol. The minimum absolute atomic E-state index is 0.178. The Morgan fingerprint density at radius 1 is 1.47 bits per heavy atom. The topological polar surface area (TPSA) is 37.3 Å². The lowest BCUT2D eigenvalue weighted by atomic mass is 9.97. The normalized spacial score (nSPS) is 12.1. The number of rotatable bonds is 5. The number of hydrogen-bond donors (Lipinski definition) is 1. The fourth-order valence-corrected chi connectivity index (χ4v) is 1.56. The molecule has 1 unspecified atom stereocenters. The first-order valence-electron chi connectivity index (χ1n) is 5.05. The van der Waals surface area contributed by atoms with Gasteiger partial charge in [-0.25, -0.2) is 0 Å². The van der Waals surface area contributed by atoms with Gasteiger partial charge in [0.1, 0.15) is 0 Å². The first kappa shape index (κ1) is 11.5. The second-order valence-corrected chi connectivity index (χ2v) is 3.85. The maximum atomic E-state index is 10.5. The zero-order valence-corrected chi connectivity index (χ0v) is 8.94. The van der Waals surface area contributed by atoms with Gasteiger partial charge in [-0.1, -0.05) is 43.8 Å². The van der Waals surface area contributed by atoms with Gasteiger partial charge in [-0.05, 0) is 23.5 Å². The van der Waals surface area contributed by atoms with Crippen LogP contribution < -0.4 is 0 Å².